The normalized spacial score (nSPS) is 17.5. The third kappa shape index (κ3) is 2.75. The molecule has 1 atom stereocenters. The summed E-state index contributed by atoms with van der Waals surface area (Å²) in [7, 11) is 2.01. The SMILES string of the molecule is Cn1nccc1C1CCCCN1c1cc(-c2ccccc2)nc2ncnn12. The predicted octanol–water partition coefficient (Wildman–Crippen LogP) is 3.26. The highest BCUT2D eigenvalue weighted by atomic mass is 15.4. The van der Waals surface area contributed by atoms with Gasteiger partial charge in [-0.2, -0.15) is 19.7 Å². The summed E-state index contributed by atoms with van der Waals surface area (Å²) in [6, 6.07) is 14.7. The highest BCUT2D eigenvalue weighted by Gasteiger charge is 2.28. The molecule has 27 heavy (non-hydrogen) atoms. The van der Waals surface area contributed by atoms with Crippen LogP contribution in [0.3, 0.4) is 0 Å². The molecule has 4 aromatic rings. The van der Waals surface area contributed by atoms with Crippen molar-refractivity contribution in [3.63, 3.8) is 0 Å². The Bertz CT molecular complexity index is 1070. The predicted molar refractivity (Wildman–Crippen MR) is 103 cm³/mol. The van der Waals surface area contributed by atoms with Gasteiger partial charge in [0, 0.05) is 31.4 Å². The zero-order chi connectivity index (χ0) is 18.2. The molecule has 4 heterocycles. The molecule has 1 saturated heterocycles. The monoisotopic (exact) mass is 359 g/mol. The van der Waals surface area contributed by atoms with E-state index in [0.29, 0.717) is 5.78 Å². The largest absolute Gasteiger partial charge is 0.348 e. The Hall–Kier alpha value is -3.22. The number of aromatic nitrogens is 6. The molecule has 3 aromatic heterocycles. The average Bonchev–Trinajstić information content (AvgIpc) is 3.36. The maximum atomic E-state index is 4.71. The smallest absolute Gasteiger partial charge is 0.254 e. The zero-order valence-electron chi connectivity index (χ0n) is 15.2. The molecule has 1 aliphatic heterocycles. The molecule has 0 saturated carbocycles. The van der Waals surface area contributed by atoms with Crippen LogP contribution in [-0.2, 0) is 7.05 Å². The summed E-state index contributed by atoms with van der Waals surface area (Å²) < 4.78 is 3.82. The molecule has 7 heteroatoms. The van der Waals surface area contributed by atoms with E-state index in [1.807, 2.05) is 40.6 Å². The van der Waals surface area contributed by atoms with Gasteiger partial charge in [-0.3, -0.25) is 4.68 Å². The quantitative estimate of drug-likeness (QED) is 0.562. The standard InChI is InChI=1S/C20H21N7/c1-25-17(10-11-22-25)18-9-5-6-12-26(18)19-13-16(15-7-3-2-4-8-15)24-20-21-14-23-27(19)20/h2-4,7-8,10-11,13-14,18H,5-6,9,12H2,1H3. The molecule has 0 amide bonds. The lowest BCUT2D eigenvalue weighted by molar-refractivity contribution is 0.444. The molecule has 5 rings (SSSR count). The number of nitrogens with zero attached hydrogens (tertiary/aromatic N) is 7. The van der Waals surface area contributed by atoms with Crippen molar-refractivity contribution < 1.29 is 0 Å². The Morgan fingerprint density at radius 2 is 1.93 bits per heavy atom. The van der Waals surface area contributed by atoms with Crippen molar-refractivity contribution in [2.45, 2.75) is 25.3 Å². The van der Waals surface area contributed by atoms with E-state index in [0.717, 1.165) is 36.5 Å². The second kappa shape index (κ2) is 6.50. The van der Waals surface area contributed by atoms with Crippen LogP contribution in [0.25, 0.3) is 17.0 Å². The third-order valence-corrected chi connectivity index (χ3v) is 5.30. The summed E-state index contributed by atoms with van der Waals surface area (Å²) in [5.41, 5.74) is 3.22. The minimum Gasteiger partial charge on any atom is -0.348 e. The number of anilines is 1. The fourth-order valence-electron chi connectivity index (χ4n) is 3.98. The van der Waals surface area contributed by atoms with Crippen molar-refractivity contribution in [3.05, 3.63) is 60.7 Å². The zero-order valence-corrected chi connectivity index (χ0v) is 15.2. The van der Waals surface area contributed by atoms with Crippen LogP contribution in [0.4, 0.5) is 5.82 Å². The van der Waals surface area contributed by atoms with E-state index in [-0.39, 0.29) is 6.04 Å². The first-order valence-electron chi connectivity index (χ1n) is 9.32. The van der Waals surface area contributed by atoms with Gasteiger partial charge in [-0.25, -0.2) is 4.98 Å². The first kappa shape index (κ1) is 16.0. The fraction of sp³-hybridized carbons (Fsp3) is 0.300. The molecule has 0 aliphatic carbocycles. The molecule has 7 nitrogen and oxygen atoms in total. The van der Waals surface area contributed by atoms with Gasteiger partial charge in [-0.15, -0.1) is 0 Å². The molecule has 1 aromatic carbocycles. The van der Waals surface area contributed by atoms with Crippen LogP contribution in [0, 0.1) is 0 Å². The van der Waals surface area contributed by atoms with Crippen molar-refractivity contribution in [2.75, 3.05) is 11.4 Å². The molecule has 0 spiro atoms. The molecule has 0 N–H and O–H groups in total. The highest BCUT2D eigenvalue weighted by molar-refractivity contribution is 5.66. The van der Waals surface area contributed by atoms with Crippen LogP contribution >= 0.6 is 0 Å². The van der Waals surface area contributed by atoms with Gasteiger partial charge in [-0.05, 0) is 25.3 Å². The second-order valence-electron chi connectivity index (χ2n) is 6.92. The van der Waals surface area contributed by atoms with E-state index in [1.54, 1.807) is 6.33 Å². The van der Waals surface area contributed by atoms with Crippen molar-refractivity contribution >= 4 is 11.6 Å². The molecule has 1 aliphatic rings. The summed E-state index contributed by atoms with van der Waals surface area (Å²) >= 11 is 0. The topological polar surface area (TPSA) is 64.1 Å². The molecular formula is C20H21N7. The lowest BCUT2D eigenvalue weighted by atomic mass is 9.99. The van der Waals surface area contributed by atoms with Gasteiger partial charge in [-0.1, -0.05) is 30.3 Å². The van der Waals surface area contributed by atoms with Gasteiger partial charge in [0.2, 0.25) is 0 Å². The van der Waals surface area contributed by atoms with Crippen LogP contribution in [-0.4, -0.2) is 35.9 Å². The number of rotatable bonds is 3. The lowest BCUT2D eigenvalue weighted by Gasteiger charge is -2.37. The van der Waals surface area contributed by atoms with E-state index < -0.39 is 0 Å². The Morgan fingerprint density at radius 1 is 1.04 bits per heavy atom. The lowest BCUT2D eigenvalue weighted by Crippen LogP contribution is -2.36. The molecule has 1 unspecified atom stereocenters. The highest BCUT2D eigenvalue weighted by Crippen LogP contribution is 2.35. The van der Waals surface area contributed by atoms with Gasteiger partial charge in [0.1, 0.15) is 12.1 Å². The number of fused-ring (bicyclic) bond motifs is 1. The molecule has 136 valence electrons. The summed E-state index contributed by atoms with van der Waals surface area (Å²) in [6.45, 7) is 0.975. The van der Waals surface area contributed by atoms with Crippen LogP contribution in [0.15, 0.2) is 55.0 Å². The number of benzene rings is 1. The summed E-state index contributed by atoms with van der Waals surface area (Å²) in [6.07, 6.45) is 6.91. The van der Waals surface area contributed by atoms with Crippen molar-refractivity contribution in [3.8, 4) is 11.3 Å². The van der Waals surface area contributed by atoms with Crippen LogP contribution in [0.5, 0.6) is 0 Å². The van der Waals surface area contributed by atoms with Crippen molar-refractivity contribution in [1.82, 2.24) is 29.4 Å². The Kier molecular flexibility index (Phi) is 3.85. The van der Waals surface area contributed by atoms with Gasteiger partial charge in [0.25, 0.3) is 5.78 Å². The van der Waals surface area contributed by atoms with Gasteiger partial charge >= 0.3 is 0 Å². The number of hydrogen-bond acceptors (Lipinski definition) is 5. The Labute approximate surface area is 157 Å². The van der Waals surface area contributed by atoms with E-state index in [1.165, 1.54) is 12.1 Å². The minimum absolute atomic E-state index is 0.268. The molecule has 0 bridgehead atoms. The van der Waals surface area contributed by atoms with Crippen LogP contribution in [0.1, 0.15) is 31.0 Å². The maximum Gasteiger partial charge on any atom is 0.254 e. The van der Waals surface area contributed by atoms with Crippen molar-refractivity contribution in [2.24, 2.45) is 7.05 Å². The summed E-state index contributed by atoms with van der Waals surface area (Å²) in [5.74, 6) is 1.66. The molecule has 0 radical (unpaired) electrons. The van der Waals surface area contributed by atoms with Crippen LogP contribution < -0.4 is 4.90 Å². The molecule has 1 fully saturated rings. The molecular weight excluding hydrogens is 338 g/mol. The Morgan fingerprint density at radius 3 is 2.74 bits per heavy atom. The van der Waals surface area contributed by atoms with E-state index in [9.17, 15) is 0 Å². The van der Waals surface area contributed by atoms with E-state index >= 15 is 0 Å². The van der Waals surface area contributed by atoms with Crippen LogP contribution in [0.2, 0.25) is 0 Å². The summed E-state index contributed by atoms with van der Waals surface area (Å²) in [5, 5.41) is 8.83. The van der Waals surface area contributed by atoms with E-state index in [4.69, 9.17) is 4.98 Å². The van der Waals surface area contributed by atoms with Gasteiger partial charge in [0.15, 0.2) is 0 Å². The minimum atomic E-state index is 0.268. The number of aryl methyl sites for hydroxylation is 1. The number of hydrogen-bond donors (Lipinski definition) is 0. The average molecular weight is 359 g/mol. The fourth-order valence-corrected chi connectivity index (χ4v) is 3.98. The second-order valence-corrected chi connectivity index (χ2v) is 6.92. The number of piperidine rings is 1. The van der Waals surface area contributed by atoms with Gasteiger partial charge < -0.3 is 4.90 Å². The first-order chi connectivity index (χ1) is 13.3. The third-order valence-electron chi connectivity index (χ3n) is 5.30. The Balaban J connectivity index is 1.66. The maximum absolute atomic E-state index is 4.71. The first-order valence-corrected chi connectivity index (χ1v) is 9.32. The van der Waals surface area contributed by atoms with Gasteiger partial charge in [0.05, 0.1) is 17.4 Å². The summed E-state index contributed by atoms with van der Waals surface area (Å²) in [4.78, 5) is 11.5. The van der Waals surface area contributed by atoms with E-state index in [2.05, 4.69) is 44.3 Å². The van der Waals surface area contributed by atoms with Crippen molar-refractivity contribution in [1.29, 1.82) is 0 Å².